The Morgan fingerprint density at radius 1 is 1.03 bits per heavy atom. The Morgan fingerprint density at radius 3 is 2.52 bits per heavy atom. The largest absolute Gasteiger partial charge is 0.454 e. The summed E-state index contributed by atoms with van der Waals surface area (Å²) in [6, 6.07) is 7.28. The van der Waals surface area contributed by atoms with Crippen LogP contribution in [0.5, 0.6) is 11.5 Å². The Hall–Kier alpha value is -3.56. The van der Waals surface area contributed by atoms with Gasteiger partial charge >= 0.3 is 6.18 Å². The van der Waals surface area contributed by atoms with Crippen molar-refractivity contribution in [3.63, 3.8) is 0 Å². The smallest absolute Gasteiger partial charge is 0.416 e. The van der Waals surface area contributed by atoms with Crippen molar-refractivity contribution in [3.8, 4) is 22.8 Å². The molecule has 1 aliphatic rings. The molecule has 3 aromatic rings. The molecule has 0 spiro atoms. The van der Waals surface area contributed by atoms with E-state index in [4.69, 9.17) is 15.2 Å². The zero-order valence-electron chi connectivity index (χ0n) is 15.0. The molecule has 0 fully saturated rings. The predicted octanol–water partition coefficient (Wildman–Crippen LogP) is 4.66. The van der Waals surface area contributed by atoms with Crippen molar-refractivity contribution in [3.05, 3.63) is 53.6 Å². The van der Waals surface area contributed by atoms with Crippen LogP contribution in [0.3, 0.4) is 0 Å². The summed E-state index contributed by atoms with van der Waals surface area (Å²) in [5.74, 6) is 0.490. The summed E-state index contributed by atoms with van der Waals surface area (Å²) in [7, 11) is 0. The first-order chi connectivity index (χ1) is 13.7. The quantitative estimate of drug-likeness (QED) is 0.616. The molecule has 0 atom stereocenters. The molecule has 0 radical (unpaired) electrons. The number of alkyl halides is 3. The van der Waals surface area contributed by atoms with Crippen molar-refractivity contribution in [2.75, 3.05) is 17.8 Å². The highest BCUT2D eigenvalue weighted by molar-refractivity contribution is 5.83. The van der Waals surface area contributed by atoms with E-state index in [0.717, 1.165) is 12.1 Å². The van der Waals surface area contributed by atoms with Crippen molar-refractivity contribution in [1.29, 1.82) is 0 Å². The number of ether oxygens (including phenoxy) is 2. The van der Waals surface area contributed by atoms with Crippen LogP contribution in [-0.2, 0) is 6.18 Å². The fraction of sp³-hybridized carbons (Fsp3) is 0.158. The molecule has 6 nitrogen and oxygen atoms in total. The van der Waals surface area contributed by atoms with Crippen molar-refractivity contribution < 1.29 is 27.0 Å². The number of aromatic nitrogens is 2. The third-order valence-corrected chi connectivity index (χ3v) is 4.24. The molecule has 150 valence electrons. The van der Waals surface area contributed by atoms with E-state index in [1.54, 1.807) is 25.1 Å². The van der Waals surface area contributed by atoms with Gasteiger partial charge in [-0.2, -0.15) is 13.2 Å². The van der Waals surface area contributed by atoms with Crippen LogP contribution in [0.15, 0.2) is 36.4 Å². The average Bonchev–Trinajstić information content (AvgIpc) is 3.11. The van der Waals surface area contributed by atoms with Gasteiger partial charge in [-0.25, -0.2) is 14.4 Å². The molecule has 2 heterocycles. The first-order valence-electron chi connectivity index (χ1n) is 8.40. The molecule has 0 unspecified atom stereocenters. The molecule has 3 N–H and O–H groups in total. The second-order valence-corrected chi connectivity index (χ2v) is 6.27. The lowest BCUT2D eigenvalue weighted by atomic mass is 10.1. The van der Waals surface area contributed by atoms with Crippen LogP contribution in [0.25, 0.3) is 11.3 Å². The third-order valence-electron chi connectivity index (χ3n) is 4.24. The minimum absolute atomic E-state index is 0.00744. The fourth-order valence-corrected chi connectivity index (χ4v) is 2.88. The van der Waals surface area contributed by atoms with Crippen LogP contribution < -0.4 is 20.5 Å². The molecule has 0 amide bonds. The Bertz CT molecular complexity index is 1100. The Labute approximate surface area is 162 Å². The number of aryl methyl sites for hydroxylation is 1. The molecule has 2 aromatic carbocycles. The highest BCUT2D eigenvalue weighted by Crippen LogP contribution is 2.38. The maximum atomic E-state index is 14.4. The van der Waals surface area contributed by atoms with E-state index in [9.17, 15) is 17.6 Å². The van der Waals surface area contributed by atoms with E-state index in [-0.39, 0.29) is 35.4 Å². The molecular formula is C19H14F4N4O2. The zero-order chi connectivity index (χ0) is 20.8. The zero-order valence-corrected chi connectivity index (χ0v) is 15.0. The van der Waals surface area contributed by atoms with E-state index in [1.165, 1.54) is 0 Å². The van der Waals surface area contributed by atoms with Crippen molar-refractivity contribution >= 4 is 17.2 Å². The number of benzene rings is 2. The number of rotatable bonds is 3. The van der Waals surface area contributed by atoms with Crippen LogP contribution in [0.1, 0.15) is 11.4 Å². The monoisotopic (exact) mass is 406 g/mol. The molecule has 4 rings (SSSR count). The van der Waals surface area contributed by atoms with Gasteiger partial charge in [0.1, 0.15) is 23.0 Å². The van der Waals surface area contributed by atoms with Gasteiger partial charge in [0, 0.05) is 17.3 Å². The number of nitrogens with one attached hydrogen (secondary N) is 1. The number of hydrogen-bond acceptors (Lipinski definition) is 6. The molecule has 10 heteroatoms. The molecule has 0 saturated carbocycles. The molecule has 0 bridgehead atoms. The number of nitrogen functional groups attached to an aromatic ring is 1. The number of fused-ring (bicyclic) bond motifs is 1. The minimum atomic E-state index is -4.65. The van der Waals surface area contributed by atoms with Crippen molar-refractivity contribution in [2.24, 2.45) is 0 Å². The van der Waals surface area contributed by atoms with Gasteiger partial charge in [-0.3, -0.25) is 0 Å². The summed E-state index contributed by atoms with van der Waals surface area (Å²) >= 11 is 0. The van der Waals surface area contributed by atoms with E-state index < -0.39 is 17.6 Å². The van der Waals surface area contributed by atoms with Gasteiger partial charge in [-0.05, 0) is 37.3 Å². The number of anilines is 3. The summed E-state index contributed by atoms with van der Waals surface area (Å²) in [5, 5.41) is 2.99. The standard InChI is InChI=1S/C19H14F4N4O2/c1-9-25-17(12-4-2-10(6-13(12)20)19(21,22)23)16(24)18(26-9)27-11-3-5-14-15(7-11)29-8-28-14/h2-7H,8,24H2,1H3,(H,25,26,27). The van der Waals surface area contributed by atoms with Crippen LogP contribution in [0.4, 0.5) is 34.8 Å². The summed E-state index contributed by atoms with van der Waals surface area (Å²) in [6.45, 7) is 1.68. The summed E-state index contributed by atoms with van der Waals surface area (Å²) < 4.78 is 63.4. The van der Waals surface area contributed by atoms with Gasteiger partial charge in [-0.15, -0.1) is 0 Å². The van der Waals surface area contributed by atoms with Crippen molar-refractivity contribution in [2.45, 2.75) is 13.1 Å². The molecular weight excluding hydrogens is 392 g/mol. The minimum Gasteiger partial charge on any atom is -0.454 e. The number of nitrogens with zero attached hydrogens (tertiary/aromatic N) is 2. The highest BCUT2D eigenvalue weighted by Gasteiger charge is 2.31. The summed E-state index contributed by atoms with van der Waals surface area (Å²) in [6.07, 6.45) is -4.65. The maximum Gasteiger partial charge on any atom is 0.416 e. The summed E-state index contributed by atoms with van der Waals surface area (Å²) in [4.78, 5) is 8.33. The van der Waals surface area contributed by atoms with Crippen molar-refractivity contribution in [1.82, 2.24) is 9.97 Å². The lowest BCUT2D eigenvalue weighted by Gasteiger charge is -2.14. The normalized spacial score (nSPS) is 12.9. The van der Waals surface area contributed by atoms with E-state index >= 15 is 0 Å². The van der Waals surface area contributed by atoms with Gasteiger partial charge in [0.25, 0.3) is 0 Å². The van der Waals surface area contributed by atoms with E-state index in [0.29, 0.717) is 23.3 Å². The lowest BCUT2D eigenvalue weighted by Crippen LogP contribution is -2.08. The summed E-state index contributed by atoms with van der Waals surface area (Å²) in [5.41, 5.74) is 5.42. The Kier molecular flexibility index (Phi) is 4.40. The molecule has 0 saturated heterocycles. The first-order valence-corrected chi connectivity index (χ1v) is 8.40. The SMILES string of the molecule is Cc1nc(Nc2ccc3c(c2)OCO3)c(N)c(-c2ccc(C(F)(F)F)cc2F)n1. The first kappa shape index (κ1) is 18.8. The molecule has 29 heavy (non-hydrogen) atoms. The number of hydrogen-bond donors (Lipinski definition) is 2. The van der Waals surface area contributed by atoms with Crippen LogP contribution in [-0.4, -0.2) is 16.8 Å². The highest BCUT2D eigenvalue weighted by atomic mass is 19.4. The third kappa shape index (κ3) is 3.60. The predicted molar refractivity (Wildman–Crippen MR) is 97.4 cm³/mol. The Morgan fingerprint density at radius 2 is 1.79 bits per heavy atom. The molecule has 1 aromatic heterocycles. The molecule has 0 aliphatic carbocycles. The topological polar surface area (TPSA) is 82.3 Å². The average molecular weight is 406 g/mol. The second kappa shape index (κ2) is 6.80. The van der Waals surface area contributed by atoms with Gasteiger partial charge < -0.3 is 20.5 Å². The van der Waals surface area contributed by atoms with Gasteiger partial charge in [0.15, 0.2) is 17.3 Å². The second-order valence-electron chi connectivity index (χ2n) is 6.27. The van der Waals surface area contributed by atoms with E-state index in [2.05, 4.69) is 15.3 Å². The fourth-order valence-electron chi connectivity index (χ4n) is 2.88. The van der Waals surface area contributed by atoms with Gasteiger partial charge in [0.2, 0.25) is 6.79 Å². The van der Waals surface area contributed by atoms with Crippen LogP contribution in [0, 0.1) is 12.7 Å². The van der Waals surface area contributed by atoms with Crippen LogP contribution >= 0.6 is 0 Å². The van der Waals surface area contributed by atoms with Gasteiger partial charge in [-0.1, -0.05) is 0 Å². The molecule has 1 aliphatic heterocycles. The maximum absolute atomic E-state index is 14.4. The van der Waals surface area contributed by atoms with E-state index in [1.807, 2.05) is 0 Å². The van der Waals surface area contributed by atoms with Crippen LogP contribution in [0.2, 0.25) is 0 Å². The number of nitrogens with two attached hydrogens (primary N) is 1. The van der Waals surface area contributed by atoms with Gasteiger partial charge in [0.05, 0.1) is 5.56 Å². The number of halogens is 4. The lowest BCUT2D eigenvalue weighted by molar-refractivity contribution is -0.137. The Balaban J connectivity index is 1.72.